The van der Waals surface area contributed by atoms with E-state index in [9.17, 15) is 14.7 Å². The molecule has 2 aromatic carbocycles. The molecule has 1 heterocycles. The lowest BCUT2D eigenvalue weighted by Crippen LogP contribution is -2.58. The van der Waals surface area contributed by atoms with Crippen LogP contribution in [0.15, 0.2) is 48.5 Å². The van der Waals surface area contributed by atoms with Crippen LogP contribution in [-0.2, 0) is 18.7 Å². The minimum atomic E-state index is -2.24. The van der Waals surface area contributed by atoms with Gasteiger partial charge in [-0.3, -0.25) is 4.79 Å². The maximum absolute atomic E-state index is 13.8. The van der Waals surface area contributed by atoms with Gasteiger partial charge in [-0.05, 0) is 59.1 Å². The van der Waals surface area contributed by atoms with Crippen molar-refractivity contribution in [3.8, 4) is 11.1 Å². The summed E-state index contributed by atoms with van der Waals surface area (Å²) in [6, 6.07) is 14.8. The molecule has 236 valence electrons. The van der Waals surface area contributed by atoms with E-state index in [0.717, 1.165) is 22.3 Å². The molecule has 8 nitrogen and oxygen atoms in total. The highest BCUT2D eigenvalue weighted by Gasteiger charge is 2.53. The molecule has 0 saturated carbocycles. The molecule has 1 saturated heterocycles. The van der Waals surface area contributed by atoms with Crippen molar-refractivity contribution in [1.29, 1.82) is 0 Å². The zero-order valence-electron chi connectivity index (χ0n) is 27.0. The first kappa shape index (κ1) is 33.2. The van der Waals surface area contributed by atoms with E-state index in [1.807, 2.05) is 45.0 Å². The molecular weight excluding hydrogens is 560 g/mol. The Morgan fingerprint density at radius 1 is 1.05 bits per heavy atom. The third-order valence-corrected chi connectivity index (χ3v) is 14.0. The van der Waals surface area contributed by atoms with Gasteiger partial charge < -0.3 is 29.6 Å². The summed E-state index contributed by atoms with van der Waals surface area (Å²) in [5, 5.41) is 17.0. The van der Waals surface area contributed by atoms with Crippen molar-refractivity contribution in [2.45, 2.75) is 102 Å². The Morgan fingerprint density at radius 2 is 1.60 bits per heavy atom. The predicted octanol–water partition coefficient (Wildman–Crippen LogP) is 5.99. The quantitative estimate of drug-likeness (QED) is 0.190. The number of benzene rings is 2. The molecule has 0 spiro atoms. The van der Waals surface area contributed by atoms with Crippen LogP contribution < -0.4 is 10.6 Å². The topological polar surface area (TPSA) is 109 Å². The Morgan fingerprint density at radius 3 is 2.09 bits per heavy atom. The first-order chi connectivity index (χ1) is 20.2. The largest absolute Gasteiger partial charge is 0.449 e. The summed E-state index contributed by atoms with van der Waals surface area (Å²) in [6.45, 7) is 17.3. The van der Waals surface area contributed by atoms with Crippen LogP contribution >= 0.6 is 0 Å². The van der Waals surface area contributed by atoms with E-state index in [0.29, 0.717) is 19.4 Å². The van der Waals surface area contributed by atoms with Crippen molar-refractivity contribution in [1.82, 2.24) is 10.6 Å². The minimum Gasteiger partial charge on any atom is -0.449 e. The molecule has 1 fully saturated rings. The lowest BCUT2D eigenvalue weighted by atomic mass is 9.89. The number of alkyl carbamates (subject to hydrolysis) is 1. The molecule has 2 aliphatic rings. The fourth-order valence-electron chi connectivity index (χ4n) is 5.57. The molecule has 1 aliphatic carbocycles. The molecule has 2 amide bonds. The van der Waals surface area contributed by atoms with E-state index in [1.165, 1.54) is 0 Å². The minimum absolute atomic E-state index is 0.00638. The summed E-state index contributed by atoms with van der Waals surface area (Å²) in [7, 11) is -2.24. The third-order valence-electron chi connectivity index (χ3n) is 9.46. The number of ether oxygens (including phenoxy) is 2. The Hall–Kier alpha value is -2.72. The van der Waals surface area contributed by atoms with Crippen molar-refractivity contribution in [3.05, 3.63) is 59.7 Å². The number of rotatable bonds is 13. The van der Waals surface area contributed by atoms with Crippen molar-refractivity contribution < 1.29 is 28.6 Å². The van der Waals surface area contributed by atoms with Gasteiger partial charge in [0.2, 0.25) is 5.91 Å². The van der Waals surface area contributed by atoms with Crippen LogP contribution in [0.1, 0.15) is 71.4 Å². The molecule has 3 N–H and O–H groups in total. The van der Waals surface area contributed by atoms with Gasteiger partial charge in [0.1, 0.15) is 24.4 Å². The lowest BCUT2D eigenvalue weighted by molar-refractivity contribution is -0.126. The first-order valence-electron chi connectivity index (χ1n) is 15.6. The van der Waals surface area contributed by atoms with E-state index < -0.39 is 44.1 Å². The normalized spacial score (nSPS) is 20.1. The molecule has 4 rings (SSSR count). The fourth-order valence-corrected chi connectivity index (χ4v) is 6.59. The maximum atomic E-state index is 13.8. The highest BCUT2D eigenvalue weighted by atomic mass is 28.4. The van der Waals surface area contributed by atoms with Crippen LogP contribution in [0.25, 0.3) is 11.1 Å². The standard InChI is InChI=1S/C34H50N2O6Si/c1-9-34(21-41-34)30(37)28(18-22(2)3)35-31(38)29(20-42-43(7,8)33(4,5)6)36-32(39)40-19-27-25-16-12-10-14-23(25)24-15-11-13-17-26(24)27/h10-17,22,27-30,37H,9,18-21H2,1-8H3,(H,35,38)(H,36,39)/t28?,29-,30-,34+/m0/s1. The Bertz CT molecular complexity index is 1240. The average molecular weight is 611 g/mol. The summed E-state index contributed by atoms with van der Waals surface area (Å²) >= 11 is 0. The number of carbonyl (C=O) groups excluding carboxylic acids is 2. The molecule has 0 aromatic heterocycles. The lowest BCUT2D eigenvalue weighted by Gasteiger charge is -2.37. The number of amides is 2. The van der Waals surface area contributed by atoms with Crippen LogP contribution in [-0.4, -0.2) is 69.0 Å². The zero-order chi connectivity index (χ0) is 31.6. The molecule has 0 radical (unpaired) electrons. The van der Waals surface area contributed by atoms with E-state index in [-0.39, 0.29) is 30.1 Å². The highest BCUT2D eigenvalue weighted by molar-refractivity contribution is 6.74. The van der Waals surface area contributed by atoms with Gasteiger partial charge in [0, 0.05) is 5.92 Å². The molecule has 0 bridgehead atoms. The Kier molecular flexibility index (Phi) is 10.1. The van der Waals surface area contributed by atoms with E-state index in [1.54, 1.807) is 0 Å². The number of hydrogen-bond donors (Lipinski definition) is 3. The second-order valence-corrected chi connectivity index (χ2v) is 18.8. The van der Waals surface area contributed by atoms with E-state index >= 15 is 0 Å². The summed E-state index contributed by atoms with van der Waals surface area (Å²) in [5.41, 5.74) is 3.88. The summed E-state index contributed by atoms with van der Waals surface area (Å²) < 4.78 is 17.8. The maximum Gasteiger partial charge on any atom is 0.407 e. The molecule has 2 aromatic rings. The number of nitrogens with one attached hydrogen (secondary N) is 2. The Balaban J connectivity index is 1.48. The number of fused-ring (bicyclic) bond motifs is 3. The van der Waals surface area contributed by atoms with Gasteiger partial charge in [-0.15, -0.1) is 0 Å². The number of hydrogen-bond acceptors (Lipinski definition) is 6. The number of aliphatic hydroxyl groups excluding tert-OH is 1. The molecule has 43 heavy (non-hydrogen) atoms. The smallest absolute Gasteiger partial charge is 0.407 e. The van der Waals surface area contributed by atoms with Gasteiger partial charge >= 0.3 is 6.09 Å². The van der Waals surface area contributed by atoms with Crippen LogP contribution in [0.3, 0.4) is 0 Å². The van der Waals surface area contributed by atoms with Gasteiger partial charge in [0.25, 0.3) is 0 Å². The molecule has 4 atom stereocenters. The number of epoxide rings is 1. The molecule has 9 heteroatoms. The van der Waals surface area contributed by atoms with Gasteiger partial charge in [-0.25, -0.2) is 4.79 Å². The SMILES string of the molecule is CC[C@]1([C@@H](O)C(CC(C)C)NC(=O)[C@H](CO[Si](C)(C)C(C)(C)C)NC(=O)OCC2c3ccccc3-c3ccccc32)CO1. The number of carbonyl (C=O) groups is 2. The third kappa shape index (κ3) is 7.51. The van der Waals surface area contributed by atoms with Crippen LogP contribution in [0.2, 0.25) is 18.1 Å². The van der Waals surface area contributed by atoms with Gasteiger partial charge in [-0.1, -0.05) is 90.1 Å². The highest BCUT2D eigenvalue weighted by Crippen LogP contribution is 2.44. The number of aliphatic hydroxyl groups is 1. The average Bonchev–Trinajstić information content (AvgIpc) is 3.69. The van der Waals surface area contributed by atoms with Crippen LogP contribution in [0.5, 0.6) is 0 Å². The van der Waals surface area contributed by atoms with Crippen molar-refractivity contribution in [3.63, 3.8) is 0 Å². The Labute approximate surface area is 258 Å². The van der Waals surface area contributed by atoms with E-state index in [4.69, 9.17) is 13.9 Å². The summed E-state index contributed by atoms with van der Waals surface area (Å²) in [6.07, 6.45) is -0.328. The molecular formula is C34H50N2O6Si. The monoisotopic (exact) mass is 610 g/mol. The first-order valence-corrected chi connectivity index (χ1v) is 18.5. The van der Waals surface area contributed by atoms with E-state index in [2.05, 4.69) is 68.8 Å². The second-order valence-electron chi connectivity index (χ2n) is 14.0. The summed E-state index contributed by atoms with van der Waals surface area (Å²) in [4.78, 5) is 27.0. The van der Waals surface area contributed by atoms with Gasteiger partial charge in [0.15, 0.2) is 8.32 Å². The van der Waals surface area contributed by atoms with Crippen molar-refractivity contribution in [2.75, 3.05) is 19.8 Å². The zero-order valence-corrected chi connectivity index (χ0v) is 28.0. The van der Waals surface area contributed by atoms with Crippen LogP contribution in [0.4, 0.5) is 4.79 Å². The van der Waals surface area contributed by atoms with Crippen molar-refractivity contribution >= 4 is 20.3 Å². The van der Waals surface area contributed by atoms with Crippen molar-refractivity contribution in [2.24, 2.45) is 5.92 Å². The molecule has 1 unspecified atom stereocenters. The fraction of sp³-hybridized carbons (Fsp3) is 0.588. The van der Waals surface area contributed by atoms with Crippen LogP contribution in [0, 0.1) is 5.92 Å². The van der Waals surface area contributed by atoms with Gasteiger partial charge in [-0.2, -0.15) is 0 Å². The predicted molar refractivity (Wildman–Crippen MR) is 172 cm³/mol. The second kappa shape index (κ2) is 13.1. The summed E-state index contributed by atoms with van der Waals surface area (Å²) in [5.74, 6) is -0.281. The van der Waals surface area contributed by atoms with Gasteiger partial charge in [0.05, 0.1) is 19.3 Å². The molecule has 1 aliphatic heterocycles.